The molecule has 0 radical (unpaired) electrons. The number of nitrogens with one attached hydrogen (secondary N) is 1. The summed E-state index contributed by atoms with van der Waals surface area (Å²) in [6.07, 6.45) is 0. The number of sulfonamides is 1. The van der Waals surface area contributed by atoms with Gasteiger partial charge in [0.05, 0.1) is 16.1 Å². The summed E-state index contributed by atoms with van der Waals surface area (Å²) in [5.41, 5.74) is 2.56. The van der Waals surface area contributed by atoms with Crippen LogP contribution in [0.5, 0.6) is 0 Å². The first-order chi connectivity index (χ1) is 12.0. The summed E-state index contributed by atoms with van der Waals surface area (Å²) >= 11 is 0. The molecule has 0 spiro atoms. The van der Waals surface area contributed by atoms with Gasteiger partial charge >= 0.3 is 0 Å². The maximum absolute atomic E-state index is 13.0. The quantitative estimate of drug-likeness (QED) is 0.609. The molecule has 0 saturated carbocycles. The molecule has 124 valence electrons. The van der Waals surface area contributed by atoms with Gasteiger partial charge in [-0.05, 0) is 41.5 Å². The van der Waals surface area contributed by atoms with Crippen molar-refractivity contribution in [2.75, 3.05) is 4.72 Å². The van der Waals surface area contributed by atoms with Crippen LogP contribution in [0.3, 0.4) is 0 Å². The fraction of sp³-hybridized carbons (Fsp3) is 0. The van der Waals surface area contributed by atoms with Crippen molar-refractivity contribution in [2.45, 2.75) is 4.90 Å². The molecule has 1 aliphatic carbocycles. The number of anilines is 1. The molecule has 6 heteroatoms. The second-order valence-corrected chi connectivity index (χ2v) is 7.34. The van der Waals surface area contributed by atoms with Gasteiger partial charge in [0, 0.05) is 5.56 Å². The van der Waals surface area contributed by atoms with Gasteiger partial charge in [-0.3, -0.25) is 9.52 Å². The van der Waals surface area contributed by atoms with Crippen LogP contribution < -0.4 is 4.72 Å². The Bertz CT molecular complexity index is 1110. The van der Waals surface area contributed by atoms with Gasteiger partial charge in [-0.25, -0.2) is 12.8 Å². The van der Waals surface area contributed by atoms with Crippen molar-refractivity contribution in [1.82, 2.24) is 0 Å². The molecule has 0 amide bonds. The molecule has 3 aromatic rings. The van der Waals surface area contributed by atoms with Crippen molar-refractivity contribution < 1.29 is 17.6 Å². The Morgan fingerprint density at radius 2 is 1.40 bits per heavy atom. The van der Waals surface area contributed by atoms with E-state index in [2.05, 4.69) is 4.72 Å². The number of hydrogen-bond acceptors (Lipinski definition) is 3. The van der Waals surface area contributed by atoms with Crippen LogP contribution in [0.2, 0.25) is 0 Å². The number of carbonyl (C=O) groups is 1. The lowest BCUT2D eigenvalue weighted by Crippen LogP contribution is -2.15. The molecule has 1 N–H and O–H groups in total. The topological polar surface area (TPSA) is 63.2 Å². The van der Waals surface area contributed by atoms with Crippen LogP contribution in [0, 0.1) is 5.82 Å². The number of halogens is 1. The van der Waals surface area contributed by atoms with Crippen LogP contribution in [-0.2, 0) is 10.0 Å². The highest BCUT2D eigenvalue weighted by Gasteiger charge is 2.30. The van der Waals surface area contributed by atoms with E-state index < -0.39 is 15.8 Å². The monoisotopic (exact) mass is 353 g/mol. The molecule has 0 atom stereocenters. The fourth-order valence-electron chi connectivity index (χ4n) is 2.97. The van der Waals surface area contributed by atoms with Crippen LogP contribution in [0.4, 0.5) is 10.1 Å². The van der Waals surface area contributed by atoms with Crippen molar-refractivity contribution >= 4 is 21.5 Å². The normalized spacial score (nSPS) is 12.6. The summed E-state index contributed by atoms with van der Waals surface area (Å²) in [6, 6.07) is 16.7. The summed E-state index contributed by atoms with van der Waals surface area (Å²) in [7, 11) is -3.93. The van der Waals surface area contributed by atoms with Gasteiger partial charge in [-0.15, -0.1) is 0 Å². The second kappa shape index (κ2) is 5.53. The molecular weight excluding hydrogens is 341 g/mol. The highest BCUT2D eigenvalue weighted by Crippen LogP contribution is 2.40. The van der Waals surface area contributed by atoms with Gasteiger partial charge in [0.2, 0.25) is 0 Å². The van der Waals surface area contributed by atoms with Gasteiger partial charge in [-0.2, -0.15) is 0 Å². The number of rotatable bonds is 3. The minimum atomic E-state index is -3.93. The van der Waals surface area contributed by atoms with E-state index in [0.717, 1.165) is 17.7 Å². The molecule has 4 rings (SSSR count). The fourth-order valence-corrected chi connectivity index (χ4v) is 4.05. The van der Waals surface area contributed by atoms with Gasteiger partial charge in [0.15, 0.2) is 5.78 Å². The molecular formula is C19H12FNO3S. The van der Waals surface area contributed by atoms with Crippen molar-refractivity contribution in [3.8, 4) is 11.1 Å². The number of benzene rings is 3. The summed E-state index contributed by atoms with van der Waals surface area (Å²) < 4.78 is 40.6. The number of carbonyl (C=O) groups excluding carboxylic acids is 1. The molecule has 1 aliphatic rings. The first-order valence-electron chi connectivity index (χ1n) is 7.53. The zero-order valence-corrected chi connectivity index (χ0v) is 13.7. The summed E-state index contributed by atoms with van der Waals surface area (Å²) in [4.78, 5) is 12.6. The Labute approximate surface area is 144 Å². The molecule has 0 heterocycles. The Balaban J connectivity index is 1.79. The first-order valence-corrected chi connectivity index (χ1v) is 9.01. The van der Waals surface area contributed by atoms with Gasteiger partial charge < -0.3 is 0 Å². The van der Waals surface area contributed by atoms with Crippen molar-refractivity contribution in [3.05, 3.63) is 83.7 Å². The molecule has 0 bridgehead atoms. The zero-order chi connectivity index (χ0) is 17.6. The van der Waals surface area contributed by atoms with Gasteiger partial charge in [0.25, 0.3) is 10.0 Å². The van der Waals surface area contributed by atoms with Crippen LogP contribution in [0.1, 0.15) is 15.9 Å². The maximum atomic E-state index is 13.0. The highest BCUT2D eigenvalue weighted by atomic mass is 32.2. The molecule has 0 fully saturated rings. The first kappa shape index (κ1) is 15.5. The van der Waals surface area contributed by atoms with E-state index in [0.29, 0.717) is 16.7 Å². The van der Waals surface area contributed by atoms with Crippen molar-refractivity contribution in [1.29, 1.82) is 0 Å². The summed E-state index contributed by atoms with van der Waals surface area (Å²) in [5.74, 6) is -0.742. The predicted molar refractivity (Wildman–Crippen MR) is 92.5 cm³/mol. The lowest BCUT2D eigenvalue weighted by Gasteiger charge is -2.11. The van der Waals surface area contributed by atoms with Gasteiger partial charge in [-0.1, -0.05) is 36.4 Å². The molecule has 4 nitrogen and oxygen atoms in total. The second-order valence-electron chi connectivity index (χ2n) is 5.66. The predicted octanol–water partition coefficient (Wildman–Crippen LogP) is 3.84. The highest BCUT2D eigenvalue weighted by molar-refractivity contribution is 7.92. The molecule has 0 aliphatic heterocycles. The standard InChI is InChI=1S/C19H12FNO3S/c20-12-8-10-13(11-9-12)25(23,24)21-17-7-3-6-15-14-4-1-2-5-16(14)19(22)18(15)17/h1-11,21H. The average Bonchev–Trinajstić information content (AvgIpc) is 2.89. The molecule has 0 aromatic heterocycles. The van der Waals surface area contributed by atoms with E-state index in [1.807, 2.05) is 12.1 Å². The van der Waals surface area contributed by atoms with E-state index >= 15 is 0 Å². The van der Waals surface area contributed by atoms with Crippen molar-refractivity contribution in [3.63, 3.8) is 0 Å². The van der Waals surface area contributed by atoms with Crippen LogP contribution in [0.25, 0.3) is 11.1 Å². The minimum absolute atomic E-state index is 0.0746. The van der Waals surface area contributed by atoms with Crippen molar-refractivity contribution in [2.24, 2.45) is 0 Å². The largest absolute Gasteiger partial charge is 0.288 e. The molecule has 0 unspecified atom stereocenters. The lowest BCUT2D eigenvalue weighted by molar-refractivity contribution is 0.104. The number of fused-ring (bicyclic) bond motifs is 3. The molecule has 0 saturated heterocycles. The number of hydrogen-bond donors (Lipinski definition) is 1. The Morgan fingerprint density at radius 3 is 2.12 bits per heavy atom. The van der Waals surface area contributed by atoms with Crippen LogP contribution in [0.15, 0.2) is 71.6 Å². The smallest absolute Gasteiger partial charge is 0.261 e. The van der Waals surface area contributed by atoms with Crippen LogP contribution >= 0.6 is 0 Å². The van der Waals surface area contributed by atoms with E-state index in [4.69, 9.17) is 0 Å². The summed E-state index contributed by atoms with van der Waals surface area (Å²) in [5, 5.41) is 0. The van der Waals surface area contributed by atoms with E-state index in [-0.39, 0.29) is 16.4 Å². The van der Waals surface area contributed by atoms with E-state index in [1.165, 1.54) is 12.1 Å². The van der Waals surface area contributed by atoms with E-state index in [1.54, 1.807) is 30.3 Å². The molecule has 3 aromatic carbocycles. The third-order valence-corrected chi connectivity index (χ3v) is 5.50. The van der Waals surface area contributed by atoms with E-state index in [9.17, 15) is 17.6 Å². The Kier molecular flexibility index (Phi) is 3.43. The van der Waals surface area contributed by atoms with Crippen LogP contribution in [-0.4, -0.2) is 14.2 Å². The summed E-state index contributed by atoms with van der Waals surface area (Å²) in [6.45, 7) is 0. The maximum Gasteiger partial charge on any atom is 0.261 e. The third kappa shape index (κ3) is 2.51. The zero-order valence-electron chi connectivity index (χ0n) is 12.9. The Hall–Kier alpha value is -2.99. The SMILES string of the molecule is O=C1c2ccccc2-c2cccc(NS(=O)(=O)c3ccc(F)cc3)c21. The molecule has 25 heavy (non-hydrogen) atoms. The minimum Gasteiger partial charge on any atom is -0.288 e. The third-order valence-electron chi connectivity index (χ3n) is 4.12. The van der Waals surface area contributed by atoms with Gasteiger partial charge in [0.1, 0.15) is 5.82 Å². The Morgan fingerprint density at radius 1 is 0.760 bits per heavy atom. The lowest BCUT2D eigenvalue weighted by atomic mass is 10.1. The average molecular weight is 353 g/mol. The number of ketones is 1.